The first-order chi connectivity index (χ1) is 8.54. The number of aliphatic imine (C=N–C) groups is 1. The Kier molecular flexibility index (Phi) is 4.82. The number of amidine groups is 1. The highest BCUT2D eigenvalue weighted by Gasteiger charge is 2.19. The Labute approximate surface area is 122 Å². The van der Waals surface area contributed by atoms with Crippen molar-refractivity contribution in [1.82, 2.24) is 0 Å². The predicted molar refractivity (Wildman–Crippen MR) is 83.2 cm³/mol. The van der Waals surface area contributed by atoms with E-state index in [-0.39, 0.29) is 0 Å². The van der Waals surface area contributed by atoms with Gasteiger partial charge in [0.1, 0.15) is 0 Å². The van der Waals surface area contributed by atoms with Crippen molar-refractivity contribution in [3.63, 3.8) is 0 Å². The van der Waals surface area contributed by atoms with Crippen molar-refractivity contribution < 1.29 is 0 Å². The van der Waals surface area contributed by atoms with E-state index in [9.17, 15) is 0 Å². The summed E-state index contributed by atoms with van der Waals surface area (Å²) < 4.78 is 0. The van der Waals surface area contributed by atoms with Gasteiger partial charge in [-0.25, -0.2) is 0 Å². The third-order valence-electron chi connectivity index (χ3n) is 2.63. The molecule has 5 heteroatoms. The van der Waals surface area contributed by atoms with Crippen LogP contribution in [0.15, 0.2) is 23.2 Å². The van der Waals surface area contributed by atoms with Crippen LogP contribution in [0, 0.1) is 5.92 Å². The molecular weight excluding hydrogens is 287 g/mol. The molecule has 1 aliphatic heterocycles. The highest BCUT2D eigenvalue weighted by atomic mass is 35.5. The second-order valence-corrected chi connectivity index (χ2v) is 6.61. The van der Waals surface area contributed by atoms with Crippen molar-refractivity contribution in [2.75, 3.05) is 11.1 Å². The fourth-order valence-corrected chi connectivity index (χ4v) is 3.12. The van der Waals surface area contributed by atoms with E-state index in [0.717, 1.165) is 23.0 Å². The van der Waals surface area contributed by atoms with Gasteiger partial charge in [-0.1, -0.05) is 48.8 Å². The first kappa shape index (κ1) is 14.0. The van der Waals surface area contributed by atoms with Crippen LogP contribution < -0.4 is 5.32 Å². The Morgan fingerprint density at radius 3 is 2.83 bits per heavy atom. The van der Waals surface area contributed by atoms with E-state index in [0.29, 0.717) is 22.0 Å². The van der Waals surface area contributed by atoms with Crippen LogP contribution in [0.1, 0.15) is 20.3 Å². The molecule has 2 nitrogen and oxygen atoms in total. The number of rotatable bonds is 3. The van der Waals surface area contributed by atoms with Crippen LogP contribution in [0.25, 0.3) is 0 Å². The number of nitrogens with zero attached hydrogens (tertiary/aromatic N) is 1. The minimum Gasteiger partial charge on any atom is -0.335 e. The number of nitrogens with one attached hydrogen (secondary N) is 1. The Hall–Kier alpha value is -0.380. The highest BCUT2D eigenvalue weighted by molar-refractivity contribution is 8.14. The SMILES string of the molecule is CC(C)CC1CSC(Nc2ccc(Cl)c(Cl)c2)=N1. The second kappa shape index (κ2) is 6.18. The monoisotopic (exact) mass is 302 g/mol. The summed E-state index contributed by atoms with van der Waals surface area (Å²) >= 11 is 13.6. The highest BCUT2D eigenvalue weighted by Crippen LogP contribution is 2.28. The first-order valence-electron chi connectivity index (χ1n) is 5.97. The summed E-state index contributed by atoms with van der Waals surface area (Å²) in [6.45, 7) is 4.45. The molecule has 0 aliphatic carbocycles. The van der Waals surface area contributed by atoms with Crippen LogP contribution in [0.5, 0.6) is 0 Å². The number of anilines is 1. The first-order valence-corrected chi connectivity index (χ1v) is 7.71. The normalized spacial score (nSPS) is 19.2. The molecule has 0 saturated carbocycles. The lowest BCUT2D eigenvalue weighted by molar-refractivity contribution is 0.529. The molecule has 0 saturated heterocycles. The zero-order valence-corrected chi connectivity index (χ0v) is 12.7. The lowest BCUT2D eigenvalue weighted by Gasteiger charge is -2.07. The van der Waals surface area contributed by atoms with E-state index in [4.69, 9.17) is 23.2 Å². The van der Waals surface area contributed by atoms with Crippen LogP contribution in [-0.2, 0) is 0 Å². The third-order valence-corrected chi connectivity index (χ3v) is 4.40. The number of benzene rings is 1. The molecule has 1 aliphatic rings. The number of hydrogen-bond acceptors (Lipinski definition) is 3. The van der Waals surface area contributed by atoms with Crippen LogP contribution in [0.3, 0.4) is 0 Å². The van der Waals surface area contributed by atoms with Gasteiger partial charge in [0, 0.05) is 11.4 Å². The summed E-state index contributed by atoms with van der Waals surface area (Å²) in [6, 6.07) is 5.95. The zero-order chi connectivity index (χ0) is 13.1. The van der Waals surface area contributed by atoms with Gasteiger partial charge in [0.15, 0.2) is 5.17 Å². The summed E-state index contributed by atoms with van der Waals surface area (Å²) in [7, 11) is 0. The quantitative estimate of drug-likeness (QED) is 0.857. The van der Waals surface area contributed by atoms with Gasteiger partial charge in [-0.3, -0.25) is 4.99 Å². The second-order valence-electron chi connectivity index (χ2n) is 4.78. The molecule has 18 heavy (non-hydrogen) atoms. The summed E-state index contributed by atoms with van der Waals surface area (Å²) in [5, 5.41) is 5.38. The third kappa shape index (κ3) is 3.81. The minimum absolute atomic E-state index is 0.431. The van der Waals surface area contributed by atoms with Gasteiger partial charge < -0.3 is 5.32 Å². The number of hydrogen-bond donors (Lipinski definition) is 1. The molecule has 0 spiro atoms. The van der Waals surface area contributed by atoms with Crippen molar-refractivity contribution in [3.8, 4) is 0 Å². The van der Waals surface area contributed by atoms with Crippen molar-refractivity contribution >= 4 is 45.8 Å². The molecule has 0 radical (unpaired) electrons. The average Bonchev–Trinajstić information content (AvgIpc) is 2.70. The maximum atomic E-state index is 5.98. The van der Waals surface area contributed by atoms with Gasteiger partial charge in [0.25, 0.3) is 0 Å². The molecule has 1 aromatic carbocycles. The molecule has 1 aromatic rings. The van der Waals surface area contributed by atoms with E-state index in [2.05, 4.69) is 24.2 Å². The number of thioether (sulfide) groups is 1. The lowest BCUT2D eigenvalue weighted by Crippen LogP contribution is -2.08. The Balaban J connectivity index is 1.99. The predicted octanol–water partition coefficient (Wildman–Crippen LogP) is 4.92. The van der Waals surface area contributed by atoms with Crippen LogP contribution >= 0.6 is 35.0 Å². The molecule has 1 unspecified atom stereocenters. The van der Waals surface area contributed by atoms with Gasteiger partial charge >= 0.3 is 0 Å². The molecule has 98 valence electrons. The Bertz CT molecular complexity index is 460. The van der Waals surface area contributed by atoms with Crippen molar-refractivity contribution in [2.24, 2.45) is 10.9 Å². The standard InChI is InChI=1S/C13H16Cl2N2S/c1-8(2)5-10-7-18-13(17-10)16-9-3-4-11(14)12(15)6-9/h3-4,6,8,10H,5,7H2,1-2H3,(H,16,17). The molecule has 0 fully saturated rings. The lowest BCUT2D eigenvalue weighted by atomic mass is 10.1. The van der Waals surface area contributed by atoms with Crippen molar-refractivity contribution in [2.45, 2.75) is 26.3 Å². The van der Waals surface area contributed by atoms with Gasteiger partial charge in [-0.05, 0) is 30.5 Å². The largest absolute Gasteiger partial charge is 0.335 e. The molecule has 1 heterocycles. The maximum absolute atomic E-state index is 5.98. The van der Waals surface area contributed by atoms with Gasteiger partial charge in [-0.2, -0.15) is 0 Å². The summed E-state index contributed by atoms with van der Waals surface area (Å²) in [5.41, 5.74) is 0.931. The van der Waals surface area contributed by atoms with Crippen LogP contribution in [-0.4, -0.2) is 17.0 Å². The minimum atomic E-state index is 0.431. The summed E-state index contributed by atoms with van der Waals surface area (Å²) in [4.78, 5) is 4.67. The Morgan fingerprint density at radius 1 is 1.39 bits per heavy atom. The number of halogens is 2. The summed E-state index contributed by atoms with van der Waals surface area (Å²) in [5.74, 6) is 1.74. The Morgan fingerprint density at radius 2 is 2.17 bits per heavy atom. The molecule has 2 rings (SSSR count). The molecule has 1 atom stereocenters. The van der Waals surface area contributed by atoms with Crippen LogP contribution in [0.2, 0.25) is 10.0 Å². The van der Waals surface area contributed by atoms with Gasteiger partial charge in [0.05, 0.1) is 16.1 Å². The molecule has 0 aromatic heterocycles. The average molecular weight is 303 g/mol. The van der Waals surface area contributed by atoms with E-state index in [1.54, 1.807) is 17.8 Å². The van der Waals surface area contributed by atoms with E-state index >= 15 is 0 Å². The van der Waals surface area contributed by atoms with E-state index in [1.165, 1.54) is 0 Å². The zero-order valence-electron chi connectivity index (χ0n) is 10.4. The smallest absolute Gasteiger partial charge is 0.161 e. The van der Waals surface area contributed by atoms with E-state index < -0.39 is 0 Å². The molecule has 1 N–H and O–H groups in total. The van der Waals surface area contributed by atoms with Crippen LogP contribution in [0.4, 0.5) is 5.69 Å². The fourth-order valence-electron chi connectivity index (χ4n) is 1.85. The van der Waals surface area contributed by atoms with E-state index in [1.807, 2.05) is 12.1 Å². The maximum Gasteiger partial charge on any atom is 0.161 e. The summed E-state index contributed by atoms with van der Waals surface area (Å²) in [6.07, 6.45) is 1.14. The topological polar surface area (TPSA) is 24.4 Å². The van der Waals surface area contributed by atoms with Gasteiger partial charge in [-0.15, -0.1) is 0 Å². The molecular formula is C13H16Cl2N2S. The molecule has 0 bridgehead atoms. The fraction of sp³-hybridized carbons (Fsp3) is 0.462. The molecule has 0 amide bonds. The van der Waals surface area contributed by atoms with Crippen molar-refractivity contribution in [1.29, 1.82) is 0 Å². The van der Waals surface area contributed by atoms with Crippen molar-refractivity contribution in [3.05, 3.63) is 28.2 Å². The van der Waals surface area contributed by atoms with Gasteiger partial charge in [0.2, 0.25) is 0 Å².